The quantitative estimate of drug-likeness (QED) is 0.653. The van der Waals surface area contributed by atoms with Crippen LogP contribution in [0.1, 0.15) is 10.4 Å². The van der Waals surface area contributed by atoms with E-state index >= 15 is 0 Å². The van der Waals surface area contributed by atoms with Crippen LogP contribution in [0, 0.1) is 5.82 Å². The molecule has 2 aromatic rings. The smallest absolute Gasteiger partial charge is 0.255 e. The Morgan fingerprint density at radius 2 is 1.63 bits per heavy atom. The van der Waals surface area contributed by atoms with Gasteiger partial charge in [0.15, 0.2) is 0 Å². The predicted octanol–water partition coefficient (Wildman–Crippen LogP) is 5.37. The van der Waals surface area contributed by atoms with Gasteiger partial charge in [0.2, 0.25) is 0 Å². The van der Waals surface area contributed by atoms with Crippen molar-refractivity contribution in [2.24, 2.45) is 0 Å². The molecule has 0 saturated carbocycles. The fourth-order valence-electron chi connectivity index (χ4n) is 1.47. The zero-order valence-corrected chi connectivity index (χ0v) is 14.1. The highest BCUT2D eigenvalue weighted by Gasteiger charge is 2.10. The van der Waals surface area contributed by atoms with Crippen molar-refractivity contribution in [2.45, 2.75) is 0 Å². The SMILES string of the molecule is O=C(Nc1cc(F)ccc1Br)c1cc(Br)cc(Br)c1. The molecule has 0 aliphatic heterocycles. The van der Waals surface area contributed by atoms with Crippen LogP contribution in [0.4, 0.5) is 10.1 Å². The third-order valence-corrected chi connectivity index (χ3v) is 3.91. The molecule has 0 heterocycles. The van der Waals surface area contributed by atoms with E-state index in [0.717, 1.165) is 8.95 Å². The Bertz CT molecular complexity index is 626. The molecule has 0 atom stereocenters. The molecule has 0 aliphatic carbocycles. The summed E-state index contributed by atoms with van der Waals surface area (Å²) in [6.45, 7) is 0. The maximum Gasteiger partial charge on any atom is 0.255 e. The van der Waals surface area contributed by atoms with Crippen LogP contribution in [-0.4, -0.2) is 5.91 Å². The molecule has 2 nitrogen and oxygen atoms in total. The maximum absolute atomic E-state index is 13.1. The van der Waals surface area contributed by atoms with Gasteiger partial charge in [0, 0.05) is 19.0 Å². The standard InChI is InChI=1S/C13H7Br3FNO/c14-8-3-7(4-9(15)5-8)13(19)18-12-6-10(17)1-2-11(12)16/h1-6H,(H,18,19). The molecule has 0 aliphatic rings. The number of rotatable bonds is 2. The fraction of sp³-hybridized carbons (Fsp3) is 0. The van der Waals surface area contributed by atoms with E-state index in [1.165, 1.54) is 12.1 Å². The molecular formula is C13H7Br3FNO. The third kappa shape index (κ3) is 3.87. The second-order valence-corrected chi connectivity index (χ2v) is 6.42. The Kier molecular flexibility index (Phi) is 4.76. The predicted molar refractivity (Wildman–Crippen MR) is 83.9 cm³/mol. The average molecular weight is 452 g/mol. The van der Waals surface area contributed by atoms with Gasteiger partial charge in [-0.25, -0.2) is 4.39 Å². The van der Waals surface area contributed by atoms with E-state index in [-0.39, 0.29) is 5.91 Å². The summed E-state index contributed by atoms with van der Waals surface area (Å²) in [5, 5.41) is 2.65. The van der Waals surface area contributed by atoms with Crippen LogP contribution in [0.25, 0.3) is 0 Å². The third-order valence-electron chi connectivity index (χ3n) is 2.30. The minimum atomic E-state index is -0.408. The van der Waals surface area contributed by atoms with Crippen LogP contribution in [0.2, 0.25) is 0 Å². The van der Waals surface area contributed by atoms with Gasteiger partial charge in [-0.2, -0.15) is 0 Å². The number of anilines is 1. The summed E-state index contributed by atoms with van der Waals surface area (Å²) in [7, 11) is 0. The largest absolute Gasteiger partial charge is 0.321 e. The fourth-order valence-corrected chi connectivity index (χ4v) is 3.11. The van der Waals surface area contributed by atoms with Crippen molar-refractivity contribution >= 4 is 59.4 Å². The highest BCUT2D eigenvalue weighted by Crippen LogP contribution is 2.25. The lowest BCUT2D eigenvalue weighted by Gasteiger charge is -2.08. The molecule has 0 bridgehead atoms. The molecular weight excluding hydrogens is 445 g/mol. The van der Waals surface area contributed by atoms with Gasteiger partial charge in [-0.15, -0.1) is 0 Å². The van der Waals surface area contributed by atoms with Crippen LogP contribution in [-0.2, 0) is 0 Å². The maximum atomic E-state index is 13.1. The van der Waals surface area contributed by atoms with Crippen molar-refractivity contribution in [3.63, 3.8) is 0 Å². The van der Waals surface area contributed by atoms with Crippen LogP contribution in [0.3, 0.4) is 0 Å². The van der Waals surface area contributed by atoms with Gasteiger partial charge in [0.05, 0.1) is 5.69 Å². The molecule has 2 rings (SSSR count). The van der Waals surface area contributed by atoms with Crippen molar-refractivity contribution in [1.82, 2.24) is 0 Å². The van der Waals surface area contributed by atoms with E-state index in [1.54, 1.807) is 18.2 Å². The van der Waals surface area contributed by atoms with Gasteiger partial charge in [-0.3, -0.25) is 4.79 Å². The number of hydrogen-bond donors (Lipinski definition) is 1. The van der Waals surface area contributed by atoms with Gasteiger partial charge >= 0.3 is 0 Å². The van der Waals surface area contributed by atoms with Gasteiger partial charge in [0.25, 0.3) is 5.91 Å². The lowest BCUT2D eigenvalue weighted by atomic mass is 10.2. The first-order valence-electron chi connectivity index (χ1n) is 5.18. The summed E-state index contributed by atoms with van der Waals surface area (Å²) in [5.41, 5.74) is 0.860. The Balaban J connectivity index is 2.28. The van der Waals surface area contributed by atoms with Crippen LogP contribution < -0.4 is 5.32 Å². The molecule has 0 saturated heterocycles. The summed E-state index contributed by atoms with van der Waals surface area (Å²) in [6.07, 6.45) is 0. The molecule has 1 amide bonds. The summed E-state index contributed by atoms with van der Waals surface area (Å²) in [4.78, 5) is 12.1. The van der Waals surface area contributed by atoms with E-state index in [2.05, 4.69) is 53.1 Å². The second kappa shape index (κ2) is 6.15. The minimum absolute atomic E-state index is 0.312. The van der Waals surface area contributed by atoms with Crippen molar-refractivity contribution in [2.75, 3.05) is 5.32 Å². The van der Waals surface area contributed by atoms with E-state index < -0.39 is 5.82 Å². The molecule has 2 aromatic carbocycles. The molecule has 1 N–H and O–H groups in total. The lowest BCUT2D eigenvalue weighted by Crippen LogP contribution is -2.12. The molecule has 0 spiro atoms. The number of amides is 1. The summed E-state index contributed by atoms with van der Waals surface area (Å²) in [6, 6.07) is 9.32. The summed E-state index contributed by atoms with van der Waals surface area (Å²) in [5.74, 6) is -0.720. The Morgan fingerprint density at radius 3 is 2.26 bits per heavy atom. The van der Waals surface area contributed by atoms with Gasteiger partial charge in [0.1, 0.15) is 5.82 Å². The first kappa shape index (κ1) is 14.7. The first-order valence-corrected chi connectivity index (χ1v) is 7.56. The van der Waals surface area contributed by atoms with Gasteiger partial charge in [-0.1, -0.05) is 31.9 Å². The minimum Gasteiger partial charge on any atom is -0.321 e. The molecule has 0 fully saturated rings. The summed E-state index contributed by atoms with van der Waals surface area (Å²) < 4.78 is 15.3. The number of halogens is 4. The molecule has 0 radical (unpaired) electrons. The number of benzene rings is 2. The lowest BCUT2D eigenvalue weighted by molar-refractivity contribution is 0.102. The Labute approximate surface area is 134 Å². The summed E-state index contributed by atoms with van der Waals surface area (Å²) >= 11 is 9.89. The van der Waals surface area contributed by atoms with Crippen molar-refractivity contribution in [3.8, 4) is 0 Å². The number of carbonyl (C=O) groups is 1. The number of carbonyl (C=O) groups excluding carboxylic acids is 1. The molecule has 19 heavy (non-hydrogen) atoms. The Hall–Kier alpha value is -0.720. The van der Waals surface area contributed by atoms with Crippen LogP contribution in [0.15, 0.2) is 49.8 Å². The Morgan fingerprint density at radius 1 is 1.00 bits per heavy atom. The van der Waals surface area contributed by atoms with Gasteiger partial charge in [-0.05, 0) is 52.3 Å². The first-order chi connectivity index (χ1) is 8.95. The van der Waals surface area contributed by atoms with Gasteiger partial charge < -0.3 is 5.32 Å². The van der Waals surface area contributed by atoms with Crippen molar-refractivity contribution in [1.29, 1.82) is 0 Å². The number of hydrogen-bond acceptors (Lipinski definition) is 1. The van der Waals surface area contributed by atoms with Crippen LogP contribution in [0.5, 0.6) is 0 Å². The molecule has 0 aromatic heterocycles. The zero-order valence-electron chi connectivity index (χ0n) is 9.38. The normalized spacial score (nSPS) is 10.3. The van der Waals surface area contributed by atoms with E-state index in [9.17, 15) is 9.18 Å². The number of nitrogens with one attached hydrogen (secondary N) is 1. The molecule has 6 heteroatoms. The zero-order chi connectivity index (χ0) is 14.0. The monoisotopic (exact) mass is 449 g/mol. The highest BCUT2D eigenvalue weighted by molar-refractivity contribution is 9.11. The van der Waals surface area contributed by atoms with Crippen molar-refractivity contribution in [3.05, 3.63) is 61.2 Å². The van der Waals surface area contributed by atoms with E-state index in [1.807, 2.05) is 6.07 Å². The molecule has 98 valence electrons. The molecule has 0 unspecified atom stereocenters. The van der Waals surface area contributed by atoms with Crippen LogP contribution >= 0.6 is 47.8 Å². The van der Waals surface area contributed by atoms with E-state index in [0.29, 0.717) is 15.7 Å². The van der Waals surface area contributed by atoms with E-state index in [4.69, 9.17) is 0 Å². The topological polar surface area (TPSA) is 29.1 Å². The average Bonchev–Trinajstić information content (AvgIpc) is 2.32. The van der Waals surface area contributed by atoms with Crippen molar-refractivity contribution < 1.29 is 9.18 Å². The second-order valence-electron chi connectivity index (χ2n) is 3.74. The highest BCUT2D eigenvalue weighted by atomic mass is 79.9.